The molecule has 0 aromatic heterocycles. The number of rotatable bonds is 9. The standard InChI is InChI=1S/C33H35Cl2F3N2O5/c1-18(2)26-14-27-32(31(43)44-3,29(45-26)20-7-8-20)15-22(30(42)40(27)17-21-9-10-24(34)13-25(21)35)12-28(41)39-16-19-5-4-6-23(11-19)33(36,37)38/h4-6,9-11,13-14,18,20,22,26,29H,7-8,12,15-17H2,1-3H3,(H,39,41)/t22-,26+,29+,32+/m0/s1. The molecule has 4 atom stereocenters. The van der Waals surface area contributed by atoms with Crippen LogP contribution in [-0.4, -0.2) is 42.0 Å². The molecule has 1 aliphatic carbocycles. The number of piperidine rings is 1. The van der Waals surface area contributed by atoms with Gasteiger partial charge in [0.1, 0.15) is 5.41 Å². The normalized spacial score (nSPS) is 25.1. The van der Waals surface area contributed by atoms with Gasteiger partial charge in [-0.3, -0.25) is 14.4 Å². The minimum atomic E-state index is -4.52. The molecule has 45 heavy (non-hydrogen) atoms. The van der Waals surface area contributed by atoms with Crippen LogP contribution in [0.15, 0.2) is 54.2 Å². The van der Waals surface area contributed by atoms with Gasteiger partial charge in [-0.1, -0.05) is 55.2 Å². The molecule has 3 aliphatic rings. The molecule has 5 rings (SSSR count). The molecule has 1 saturated heterocycles. The summed E-state index contributed by atoms with van der Waals surface area (Å²) in [6.45, 7) is 3.85. The highest BCUT2D eigenvalue weighted by atomic mass is 35.5. The molecule has 2 aliphatic heterocycles. The summed E-state index contributed by atoms with van der Waals surface area (Å²) in [5.41, 5.74) is -0.847. The summed E-state index contributed by atoms with van der Waals surface area (Å²) in [4.78, 5) is 42.9. The number of ether oxygens (including phenoxy) is 2. The van der Waals surface area contributed by atoms with E-state index in [9.17, 15) is 27.6 Å². The van der Waals surface area contributed by atoms with E-state index < -0.39 is 41.1 Å². The minimum Gasteiger partial charge on any atom is -0.468 e. The third-order valence-corrected chi connectivity index (χ3v) is 9.41. The SMILES string of the molecule is COC(=O)[C@]12C[C@H](CC(=O)NCc3cccc(C(F)(F)F)c3)C(=O)N(Cc3ccc(Cl)cc3Cl)C1=C[C@H](C(C)C)O[C@@H]2C1CC1. The molecule has 0 radical (unpaired) electrons. The van der Waals surface area contributed by atoms with Crippen LogP contribution in [0.25, 0.3) is 0 Å². The van der Waals surface area contributed by atoms with Crippen LogP contribution in [-0.2, 0) is 43.1 Å². The van der Waals surface area contributed by atoms with Crippen LogP contribution >= 0.6 is 23.2 Å². The summed E-state index contributed by atoms with van der Waals surface area (Å²) in [7, 11) is 1.29. The molecule has 1 saturated carbocycles. The lowest BCUT2D eigenvalue weighted by Gasteiger charge is -2.53. The van der Waals surface area contributed by atoms with Crippen LogP contribution < -0.4 is 5.32 Å². The first kappa shape index (κ1) is 33.3. The van der Waals surface area contributed by atoms with Crippen molar-refractivity contribution in [1.29, 1.82) is 0 Å². The van der Waals surface area contributed by atoms with Gasteiger partial charge in [-0.15, -0.1) is 0 Å². The number of nitrogens with one attached hydrogen (secondary N) is 1. The van der Waals surface area contributed by atoms with E-state index in [1.165, 1.54) is 24.1 Å². The van der Waals surface area contributed by atoms with Crippen molar-refractivity contribution in [2.75, 3.05) is 7.11 Å². The van der Waals surface area contributed by atoms with Crippen molar-refractivity contribution in [3.8, 4) is 0 Å². The van der Waals surface area contributed by atoms with Gasteiger partial charge in [-0.2, -0.15) is 13.2 Å². The predicted molar refractivity (Wildman–Crippen MR) is 162 cm³/mol. The monoisotopic (exact) mass is 666 g/mol. The van der Waals surface area contributed by atoms with E-state index in [4.69, 9.17) is 32.7 Å². The Labute approximate surface area is 270 Å². The van der Waals surface area contributed by atoms with Gasteiger partial charge >= 0.3 is 12.1 Å². The lowest BCUT2D eigenvalue weighted by atomic mass is 9.64. The third-order valence-electron chi connectivity index (χ3n) is 8.82. The van der Waals surface area contributed by atoms with E-state index in [0.717, 1.165) is 25.0 Å². The molecule has 7 nitrogen and oxygen atoms in total. The zero-order chi connectivity index (χ0) is 32.7. The molecule has 2 fully saturated rings. The lowest BCUT2D eigenvalue weighted by Crippen LogP contribution is -2.61. The average molecular weight is 668 g/mol. The summed E-state index contributed by atoms with van der Waals surface area (Å²) in [5, 5.41) is 3.41. The fourth-order valence-electron chi connectivity index (χ4n) is 6.39. The van der Waals surface area contributed by atoms with Crippen LogP contribution in [0, 0.1) is 23.2 Å². The van der Waals surface area contributed by atoms with Crippen LogP contribution in [0.5, 0.6) is 0 Å². The molecular formula is C33H35Cl2F3N2O5. The maximum absolute atomic E-state index is 14.3. The maximum Gasteiger partial charge on any atom is 0.416 e. The fourth-order valence-corrected chi connectivity index (χ4v) is 6.85. The Morgan fingerprint density at radius 2 is 1.89 bits per heavy atom. The molecule has 242 valence electrons. The first-order valence-electron chi connectivity index (χ1n) is 14.9. The number of alkyl halides is 3. The number of methoxy groups -OCH3 is 1. The Morgan fingerprint density at radius 3 is 2.51 bits per heavy atom. The number of likely N-dealkylation sites (tertiary alicyclic amines) is 1. The van der Waals surface area contributed by atoms with Gasteiger partial charge in [-0.25, -0.2) is 0 Å². The number of carbonyl (C=O) groups is 3. The molecule has 0 spiro atoms. The second-order valence-electron chi connectivity index (χ2n) is 12.4. The molecule has 0 unspecified atom stereocenters. The van der Waals surface area contributed by atoms with Crippen molar-refractivity contribution in [1.82, 2.24) is 10.2 Å². The molecule has 0 bridgehead atoms. The highest BCUT2D eigenvalue weighted by molar-refractivity contribution is 6.35. The van der Waals surface area contributed by atoms with E-state index in [1.807, 2.05) is 19.9 Å². The van der Waals surface area contributed by atoms with E-state index in [0.29, 0.717) is 21.3 Å². The Kier molecular flexibility index (Phi) is 9.59. The van der Waals surface area contributed by atoms with Crippen LogP contribution in [0.2, 0.25) is 10.0 Å². The number of hydrogen-bond acceptors (Lipinski definition) is 5. The summed E-state index contributed by atoms with van der Waals surface area (Å²) in [6, 6.07) is 9.62. The molecule has 2 aromatic rings. The smallest absolute Gasteiger partial charge is 0.416 e. The topological polar surface area (TPSA) is 84.9 Å². The van der Waals surface area contributed by atoms with Crippen LogP contribution in [0.3, 0.4) is 0 Å². The van der Waals surface area contributed by atoms with E-state index in [1.54, 1.807) is 18.2 Å². The second-order valence-corrected chi connectivity index (χ2v) is 13.2. The quantitative estimate of drug-likeness (QED) is 0.293. The number of halogens is 5. The number of carbonyl (C=O) groups excluding carboxylic acids is 3. The van der Waals surface area contributed by atoms with Gasteiger partial charge in [0.25, 0.3) is 0 Å². The summed E-state index contributed by atoms with van der Waals surface area (Å²) < 4.78 is 51.5. The Hall–Kier alpha value is -3.08. The summed E-state index contributed by atoms with van der Waals surface area (Å²) >= 11 is 12.7. The number of nitrogens with zero attached hydrogens (tertiary/aromatic N) is 1. The van der Waals surface area contributed by atoms with E-state index >= 15 is 0 Å². The first-order chi connectivity index (χ1) is 21.2. The zero-order valence-electron chi connectivity index (χ0n) is 25.1. The van der Waals surface area contributed by atoms with Crippen molar-refractivity contribution in [2.45, 2.75) is 71.0 Å². The molecule has 2 aromatic carbocycles. The second kappa shape index (κ2) is 13.0. The highest BCUT2D eigenvalue weighted by Gasteiger charge is 2.64. The van der Waals surface area contributed by atoms with Crippen molar-refractivity contribution < 1.29 is 37.0 Å². The first-order valence-corrected chi connectivity index (χ1v) is 15.6. The van der Waals surface area contributed by atoms with Gasteiger partial charge in [0.2, 0.25) is 11.8 Å². The van der Waals surface area contributed by atoms with Crippen LogP contribution in [0.4, 0.5) is 13.2 Å². The average Bonchev–Trinajstić information content (AvgIpc) is 3.83. The van der Waals surface area contributed by atoms with E-state index in [2.05, 4.69) is 5.32 Å². The van der Waals surface area contributed by atoms with Crippen molar-refractivity contribution in [3.63, 3.8) is 0 Å². The largest absolute Gasteiger partial charge is 0.468 e. The fraction of sp³-hybridized carbons (Fsp3) is 0.485. The lowest BCUT2D eigenvalue weighted by molar-refractivity contribution is -0.182. The molecule has 2 amide bonds. The summed E-state index contributed by atoms with van der Waals surface area (Å²) in [5.74, 6) is -2.30. The van der Waals surface area contributed by atoms with Gasteiger partial charge in [-0.05, 0) is 72.6 Å². The zero-order valence-corrected chi connectivity index (χ0v) is 26.6. The number of benzene rings is 2. The number of amides is 2. The highest BCUT2D eigenvalue weighted by Crippen LogP contribution is 2.57. The summed E-state index contributed by atoms with van der Waals surface area (Å²) in [6.07, 6.45) is -2.26. The van der Waals surface area contributed by atoms with Gasteiger partial charge in [0.05, 0.1) is 31.4 Å². The van der Waals surface area contributed by atoms with Crippen LogP contribution in [0.1, 0.15) is 56.2 Å². The number of fused-ring (bicyclic) bond motifs is 1. The maximum atomic E-state index is 14.3. The molecule has 2 heterocycles. The molecule has 1 N–H and O–H groups in total. The Balaban J connectivity index is 1.49. The minimum absolute atomic E-state index is 0.0157. The van der Waals surface area contributed by atoms with Gasteiger partial charge in [0, 0.05) is 34.6 Å². The number of esters is 1. The number of hydrogen-bond donors (Lipinski definition) is 1. The van der Waals surface area contributed by atoms with E-state index in [-0.39, 0.29) is 55.3 Å². The van der Waals surface area contributed by atoms with Crippen molar-refractivity contribution in [2.24, 2.45) is 23.2 Å². The third kappa shape index (κ3) is 6.88. The van der Waals surface area contributed by atoms with Gasteiger partial charge < -0.3 is 19.7 Å². The van der Waals surface area contributed by atoms with Crippen molar-refractivity contribution >= 4 is 41.0 Å². The Bertz CT molecular complexity index is 1510. The molecular weight excluding hydrogens is 632 g/mol. The van der Waals surface area contributed by atoms with Gasteiger partial charge in [0.15, 0.2) is 0 Å². The van der Waals surface area contributed by atoms with Crippen molar-refractivity contribution in [3.05, 3.63) is 81.0 Å². The predicted octanol–water partition coefficient (Wildman–Crippen LogP) is 6.94. The molecule has 12 heteroatoms. The Morgan fingerprint density at radius 1 is 1.16 bits per heavy atom.